The van der Waals surface area contributed by atoms with Crippen molar-refractivity contribution in [2.75, 3.05) is 5.73 Å². The molecule has 90 valence electrons. The lowest BCUT2D eigenvalue weighted by Crippen LogP contribution is -1.94. The maximum Gasteiger partial charge on any atom is 0.139 e. The molecule has 2 aromatic heterocycles. The fourth-order valence-electron chi connectivity index (χ4n) is 2.23. The summed E-state index contributed by atoms with van der Waals surface area (Å²) in [6.45, 7) is 0. The van der Waals surface area contributed by atoms with Crippen LogP contribution in [0.5, 0.6) is 5.75 Å². The second kappa shape index (κ2) is 3.77. The lowest BCUT2D eigenvalue weighted by atomic mass is 10.2. The zero-order valence-electron chi connectivity index (χ0n) is 9.96. The van der Waals surface area contributed by atoms with E-state index in [9.17, 15) is 5.11 Å². The number of aromatic hydroxyl groups is 1. The number of nitrogens with two attached hydrogens (primary N) is 1. The molecule has 0 spiro atoms. The number of nitrogens with zero attached hydrogens (tertiary/aromatic N) is 2. The Balaban J connectivity index is 2.31. The van der Waals surface area contributed by atoms with Crippen LogP contribution >= 0.6 is 0 Å². The smallest absolute Gasteiger partial charge is 0.139 e. The predicted molar refractivity (Wildman–Crippen MR) is 72.2 cm³/mol. The van der Waals surface area contributed by atoms with Gasteiger partial charge in [-0.1, -0.05) is 12.1 Å². The van der Waals surface area contributed by atoms with Gasteiger partial charge in [0.2, 0.25) is 0 Å². The number of hydrogen-bond donors (Lipinski definition) is 2. The highest BCUT2D eigenvalue weighted by Gasteiger charge is 2.11. The highest BCUT2D eigenvalue weighted by molar-refractivity contribution is 5.90. The van der Waals surface area contributed by atoms with Crippen LogP contribution in [0.15, 0.2) is 42.6 Å². The van der Waals surface area contributed by atoms with E-state index < -0.39 is 0 Å². The van der Waals surface area contributed by atoms with Crippen LogP contribution in [-0.4, -0.2) is 14.7 Å². The number of aryl methyl sites for hydroxylation is 1. The van der Waals surface area contributed by atoms with Gasteiger partial charge in [-0.05, 0) is 24.3 Å². The predicted octanol–water partition coefficient (Wildman–Crippen LogP) is 2.53. The summed E-state index contributed by atoms with van der Waals surface area (Å²) < 4.78 is 1.92. The van der Waals surface area contributed by atoms with Gasteiger partial charge in [-0.15, -0.1) is 0 Å². The Labute approximate surface area is 104 Å². The van der Waals surface area contributed by atoms with Crippen LogP contribution in [-0.2, 0) is 7.05 Å². The van der Waals surface area contributed by atoms with E-state index >= 15 is 0 Å². The molecule has 0 bridgehead atoms. The van der Waals surface area contributed by atoms with E-state index in [1.54, 1.807) is 18.3 Å². The van der Waals surface area contributed by atoms with Crippen molar-refractivity contribution in [3.8, 4) is 17.1 Å². The molecule has 4 heteroatoms. The van der Waals surface area contributed by atoms with E-state index in [0.717, 1.165) is 22.3 Å². The molecule has 3 rings (SSSR count). The summed E-state index contributed by atoms with van der Waals surface area (Å²) in [4.78, 5) is 4.31. The number of aromatic nitrogens is 2. The van der Waals surface area contributed by atoms with Gasteiger partial charge in [-0.25, -0.2) is 0 Å². The summed E-state index contributed by atoms with van der Waals surface area (Å²) in [7, 11) is 1.91. The van der Waals surface area contributed by atoms with Crippen molar-refractivity contribution in [1.82, 2.24) is 9.55 Å². The van der Waals surface area contributed by atoms with Crippen molar-refractivity contribution in [3.63, 3.8) is 0 Å². The molecule has 2 heterocycles. The number of anilines is 1. The van der Waals surface area contributed by atoms with Crippen LogP contribution in [0.2, 0.25) is 0 Å². The Morgan fingerprint density at radius 3 is 2.78 bits per heavy atom. The Morgan fingerprint density at radius 2 is 2.06 bits per heavy atom. The minimum Gasteiger partial charge on any atom is -0.506 e. The third kappa shape index (κ3) is 1.50. The third-order valence-electron chi connectivity index (χ3n) is 3.08. The fourth-order valence-corrected chi connectivity index (χ4v) is 2.23. The van der Waals surface area contributed by atoms with Crippen molar-refractivity contribution in [1.29, 1.82) is 0 Å². The fraction of sp³-hybridized carbons (Fsp3) is 0.0714. The first-order valence-electron chi connectivity index (χ1n) is 5.66. The number of phenolic OH excluding ortho intramolecular Hbond substituents is 1. The van der Waals surface area contributed by atoms with E-state index in [1.165, 1.54) is 0 Å². The molecule has 0 aliphatic carbocycles. The van der Waals surface area contributed by atoms with Crippen LogP contribution in [0.25, 0.3) is 22.3 Å². The minimum absolute atomic E-state index is 0.269. The molecule has 1 aromatic carbocycles. The molecule has 0 aliphatic rings. The quantitative estimate of drug-likeness (QED) is 0.685. The summed E-state index contributed by atoms with van der Waals surface area (Å²) in [5, 5.41) is 10.9. The Bertz CT molecular complexity index is 731. The second-order valence-corrected chi connectivity index (χ2v) is 4.28. The van der Waals surface area contributed by atoms with Crippen molar-refractivity contribution in [3.05, 3.63) is 42.6 Å². The van der Waals surface area contributed by atoms with E-state index in [1.807, 2.05) is 35.9 Å². The van der Waals surface area contributed by atoms with Gasteiger partial charge < -0.3 is 15.4 Å². The van der Waals surface area contributed by atoms with E-state index in [-0.39, 0.29) is 5.75 Å². The Kier molecular flexibility index (Phi) is 2.23. The van der Waals surface area contributed by atoms with E-state index in [4.69, 9.17) is 5.73 Å². The molecule has 0 amide bonds. The average Bonchev–Trinajstić information content (AvgIpc) is 2.68. The SMILES string of the molecule is Cn1c(-c2cc(N)ccn2)cc2cccc(O)c21. The van der Waals surface area contributed by atoms with Crippen molar-refractivity contribution in [2.24, 2.45) is 7.05 Å². The van der Waals surface area contributed by atoms with Crippen molar-refractivity contribution >= 4 is 16.6 Å². The van der Waals surface area contributed by atoms with E-state index in [0.29, 0.717) is 5.69 Å². The second-order valence-electron chi connectivity index (χ2n) is 4.28. The number of phenols is 1. The molecule has 3 aromatic rings. The number of nitrogen functional groups attached to an aromatic ring is 1. The van der Waals surface area contributed by atoms with Crippen LogP contribution in [0.4, 0.5) is 5.69 Å². The van der Waals surface area contributed by atoms with Gasteiger partial charge >= 0.3 is 0 Å². The third-order valence-corrected chi connectivity index (χ3v) is 3.08. The van der Waals surface area contributed by atoms with E-state index in [2.05, 4.69) is 4.98 Å². The molecule has 0 unspecified atom stereocenters. The van der Waals surface area contributed by atoms with Gasteiger partial charge in [0.15, 0.2) is 0 Å². The summed E-state index contributed by atoms with van der Waals surface area (Å²) >= 11 is 0. The van der Waals surface area contributed by atoms with Crippen LogP contribution < -0.4 is 5.73 Å². The average molecular weight is 239 g/mol. The first-order valence-corrected chi connectivity index (χ1v) is 5.66. The Morgan fingerprint density at radius 1 is 1.22 bits per heavy atom. The normalized spacial score (nSPS) is 10.9. The summed E-state index contributed by atoms with van der Waals surface area (Å²) in [6, 6.07) is 11.0. The van der Waals surface area contributed by atoms with Gasteiger partial charge in [-0.2, -0.15) is 0 Å². The van der Waals surface area contributed by atoms with Gasteiger partial charge in [0, 0.05) is 24.3 Å². The molecule has 0 saturated heterocycles. The monoisotopic (exact) mass is 239 g/mol. The molecule has 0 atom stereocenters. The molecule has 0 saturated carbocycles. The first-order chi connectivity index (χ1) is 8.66. The number of fused-ring (bicyclic) bond motifs is 1. The standard InChI is InChI=1S/C14H13N3O/c1-17-12(11-8-10(15)5-6-16-11)7-9-3-2-4-13(18)14(9)17/h2-8,18H,1H3,(H2,15,16). The number of hydrogen-bond acceptors (Lipinski definition) is 3. The Hall–Kier alpha value is -2.49. The molecular formula is C14H13N3O. The highest BCUT2D eigenvalue weighted by Crippen LogP contribution is 2.31. The number of para-hydroxylation sites is 1. The van der Waals surface area contributed by atoms with Gasteiger partial charge in [0.05, 0.1) is 16.9 Å². The zero-order chi connectivity index (χ0) is 12.7. The maximum absolute atomic E-state index is 9.90. The molecule has 18 heavy (non-hydrogen) atoms. The van der Waals surface area contributed by atoms with Gasteiger partial charge in [-0.3, -0.25) is 4.98 Å². The topological polar surface area (TPSA) is 64.1 Å². The minimum atomic E-state index is 0.269. The lowest BCUT2D eigenvalue weighted by molar-refractivity contribution is 0.479. The molecule has 0 fully saturated rings. The highest BCUT2D eigenvalue weighted by atomic mass is 16.3. The number of benzene rings is 1. The molecule has 4 nitrogen and oxygen atoms in total. The lowest BCUT2D eigenvalue weighted by Gasteiger charge is -2.05. The van der Waals surface area contributed by atoms with Crippen LogP contribution in [0.1, 0.15) is 0 Å². The molecular weight excluding hydrogens is 226 g/mol. The zero-order valence-corrected chi connectivity index (χ0v) is 9.96. The van der Waals surface area contributed by atoms with Crippen LogP contribution in [0, 0.1) is 0 Å². The van der Waals surface area contributed by atoms with Gasteiger partial charge in [0.25, 0.3) is 0 Å². The number of pyridine rings is 1. The first kappa shape index (κ1) is 10.7. The number of rotatable bonds is 1. The van der Waals surface area contributed by atoms with Crippen molar-refractivity contribution < 1.29 is 5.11 Å². The van der Waals surface area contributed by atoms with Gasteiger partial charge in [0.1, 0.15) is 5.75 Å². The summed E-state index contributed by atoms with van der Waals surface area (Å²) in [6.07, 6.45) is 1.68. The van der Waals surface area contributed by atoms with Crippen molar-refractivity contribution in [2.45, 2.75) is 0 Å². The summed E-state index contributed by atoms with van der Waals surface area (Å²) in [5.74, 6) is 0.269. The largest absolute Gasteiger partial charge is 0.506 e. The molecule has 0 aliphatic heterocycles. The summed E-state index contributed by atoms with van der Waals surface area (Å²) in [5.41, 5.74) is 8.98. The molecule has 3 N–H and O–H groups in total. The molecule has 0 radical (unpaired) electrons. The maximum atomic E-state index is 9.90. The van der Waals surface area contributed by atoms with Crippen LogP contribution in [0.3, 0.4) is 0 Å².